The summed E-state index contributed by atoms with van der Waals surface area (Å²) in [4.78, 5) is 30.1. The van der Waals surface area contributed by atoms with E-state index in [0.717, 1.165) is 18.4 Å². The fourth-order valence-corrected chi connectivity index (χ4v) is 4.05. The van der Waals surface area contributed by atoms with Gasteiger partial charge in [-0.15, -0.1) is 0 Å². The lowest BCUT2D eigenvalue weighted by Crippen LogP contribution is -2.32. The Bertz CT molecular complexity index is 1000. The Morgan fingerprint density at radius 3 is 2.67 bits per heavy atom. The molecule has 0 bridgehead atoms. The Morgan fingerprint density at radius 2 is 2.00 bits per heavy atom. The Labute approximate surface area is 181 Å². The Kier molecular flexibility index (Phi) is 7.28. The minimum absolute atomic E-state index is 0.116. The number of fused-ring (bicyclic) bond motifs is 1. The number of halogens is 1. The SMILES string of the molecule is CCn1c(-c2cc3c(cc2Cl)C(=O)CCC3)nc(C)c(NCC(COC)OC)c1=O. The second kappa shape index (κ2) is 9.73. The first kappa shape index (κ1) is 22.5. The molecular weight excluding hydrogens is 406 g/mol. The van der Waals surface area contributed by atoms with Crippen LogP contribution >= 0.6 is 11.6 Å². The molecule has 1 aliphatic carbocycles. The first-order valence-electron chi connectivity index (χ1n) is 10.1. The Balaban J connectivity index is 2.03. The summed E-state index contributed by atoms with van der Waals surface area (Å²) in [5.74, 6) is 0.626. The molecule has 0 saturated carbocycles. The van der Waals surface area contributed by atoms with Crippen molar-refractivity contribution in [3.05, 3.63) is 44.3 Å². The van der Waals surface area contributed by atoms with Crippen molar-refractivity contribution in [2.45, 2.75) is 45.8 Å². The number of methoxy groups -OCH3 is 2. The number of aromatic nitrogens is 2. The highest BCUT2D eigenvalue weighted by molar-refractivity contribution is 6.33. The summed E-state index contributed by atoms with van der Waals surface area (Å²) in [7, 11) is 3.21. The van der Waals surface area contributed by atoms with Gasteiger partial charge in [0.05, 0.1) is 23.4 Å². The lowest BCUT2D eigenvalue weighted by atomic mass is 9.89. The van der Waals surface area contributed by atoms with Gasteiger partial charge in [-0.2, -0.15) is 0 Å². The average Bonchev–Trinajstić information content (AvgIpc) is 2.72. The minimum atomic E-state index is -0.184. The number of ketones is 1. The highest BCUT2D eigenvalue weighted by atomic mass is 35.5. The van der Waals surface area contributed by atoms with Gasteiger partial charge in [-0.25, -0.2) is 4.98 Å². The molecule has 0 fully saturated rings. The molecular formula is C22H28ClN3O4. The van der Waals surface area contributed by atoms with Crippen molar-refractivity contribution < 1.29 is 14.3 Å². The molecule has 1 atom stereocenters. The van der Waals surface area contributed by atoms with E-state index in [2.05, 4.69) is 5.32 Å². The zero-order valence-electron chi connectivity index (χ0n) is 17.9. The molecule has 1 N–H and O–H groups in total. The van der Waals surface area contributed by atoms with Gasteiger partial charge in [0.25, 0.3) is 5.56 Å². The van der Waals surface area contributed by atoms with Crippen molar-refractivity contribution in [2.75, 3.05) is 32.7 Å². The van der Waals surface area contributed by atoms with Gasteiger partial charge >= 0.3 is 0 Å². The van der Waals surface area contributed by atoms with Gasteiger partial charge in [-0.3, -0.25) is 14.2 Å². The fraction of sp³-hybridized carbons (Fsp3) is 0.500. The standard InChI is InChI=1S/C22H28ClN3O4/c1-5-26-21(17-9-14-7-6-8-19(27)16(14)10-18(17)23)25-13(2)20(22(26)28)24-11-15(30-4)12-29-3/h9-10,15,24H,5-8,11-12H2,1-4H3. The van der Waals surface area contributed by atoms with Gasteiger partial charge in [-0.05, 0) is 44.4 Å². The van der Waals surface area contributed by atoms with Crippen LogP contribution in [0.3, 0.4) is 0 Å². The normalized spacial score (nSPS) is 14.5. The predicted octanol–water partition coefficient (Wildman–Crippen LogP) is 3.48. The number of carbonyl (C=O) groups excluding carboxylic acids is 1. The topological polar surface area (TPSA) is 82.5 Å². The number of aryl methyl sites for hydroxylation is 2. The number of nitrogens with zero attached hydrogens (tertiary/aromatic N) is 2. The molecule has 7 nitrogen and oxygen atoms in total. The predicted molar refractivity (Wildman–Crippen MR) is 118 cm³/mol. The summed E-state index contributed by atoms with van der Waals surface area (Å²) in [5, 5.41) is 3.59. The lowest BCUT2D eigenvalue weighted by molar-refractivity contribution is 0.0365. The van der Waals surface area contributed by atoms with Crippen LogP contribution in [0.1, 0.15) is 41.4 Å². The highest BCUT2D eigenvalue weighted by Gasteiger charge is 2.23. The maximum absolute atomic E-state index is 13.2. The van der Waals surface area contributed by atoms with Crippen molar-refractivity contribution in [2.24, 2.45) is 0 Å². The summed E-state index contributed by atoms with van der Waals surface area (Å²) >= 11 is 6.54. The van der Waals surface area contributed by atoms with Crippen LogP contribution in [-0.2, 0) is 22.4 Å². The molecule has 8 heteroatoms. The van der Waals surface area contributed by atoms with E-state index in [-0.39, 0.29) is 17.4 Å². The second-order valence-corrected chi connectivity index (χ2v) is 7.81. The zero-order chi connectivity index (χ0) is 21.8. The van der Waals surface area contributed by atoms with Crippen LogP contribution in [0.15, 0.2) is 16.9 Å². The molecule has 3 rings (SSSR count). The van der Waals surface area contributed by atoms with Crippen molar-refractivity contribution in [1.82, 2.24) is 9.55 Å². The number of Topliss-reactive ketones (excluding diaryl/α,β-unsaturated/α-hetero) is 1. The van der Waals surface area contributed by atoms with Crippen LogP contribution in [0, 0.1) is 6.92 Å². The van der Waals surface area contributed by atoms with E-state index in [4.69, 9.17) is 26.1 Å². The van der Waals surface area contributed by atoms with Crippen LogP contribution in [0.25, 0.3) is 11.4 Å². The smallest absolute Gasteiger partial charge is 0.277 e. The molecule has 1 unspecified atom stereocenters. The van der Waals surface area contributed by atoms with Crippen molar-refractivity contribution in [1.29, 1.82) is 0 Å². The number of anilines is 1. The van der Waals surface area contributed by atoms with Crippen LogP contribution in [-0.4, -0.2) is 48.8 Å². The maximum Gasteiger partial charge on any atom is 0.277 e. The highest BCUT2D eigenvalue weighted by Crippen LogP contribution is 2.33. The van der Waals surface area contributed by atoms with E-state index < -0.39 is 0 Å². The van der Waals surface area contributed by atoms with E-state index >= 15 is 0 Å². The Morgan fingerprint density at radius 1 is 1.23 bits per heavy atom. The number of rotatable bonds is 8. The number of hydrogen-bond acceptors (Lipinski definition) is 6. The third-order valence-electron chi connectivity index (χ3n) is 5.44. The Hall–Kier alpha value is -2.22. The van der Waals surface area contributed by atoms with Crippen LogP contribution in [0.2, 0.25) is 5.02 Å². The van der Waals surface area contributed by atoms with E-state index in [9.17, 15) is 9.59 Å². The van der Waals surface area contributed by atoms with Gasteiger partial charge in [0.2, 0.25) is 0 Å². The molecule has 0 saturated heterocycles. The lowest BCUT2D eigenvalue weighted by Gasteiger charge is -2.21. The summed E-state index contributed by atoms with van der Waals surface area (Å²) in [5.41, 5.74) is 3.16. The molecule has 1 heterocycles. The van der Waals surface area contributed by atoms with E-state index in [1.54, 1.807) is 31.8 Å². The minimum Gasteiger partial charge on any atom is -0.382 e. The molecule has 0 radical (unpaired) electrons. The molecule has 1 aliphatic rings. The summed E-state index contributed by atoms with van der Waals surface area (Å²) in [6.45, 7) is 4.96. The van der Waals surface area contributed by atoms with Crippen molar-refractivity contribution >= 4 is 23.1 Å². The summed E-state index contributed by atoms with van der Waals surface area (Å²) in [6, 6.07) is 3.63. The van der Waals surface area contributed by atoms with Crippen LogP contribution in [0.5, 0.6) is 0 Å². The number of hydrogen-bond donors (Lipinski definition) is 1. The number of ether oxygens (including phenoxy) is 2. The molecule has 0 amide bonds. The first-order valence-corrected chi connectivity index (χ1v) is 10.5. The third kappa shape index (κ3) is 4.43. The van der Waals surface area contributed by atoms with E-state index in [1.165, 1.54) is 0 Å². The molecule has 30 heavy (non-hydrogen) atoms. The monoisotopic (exact) mass is 433 g/mol. The first-order chi connectivity index (χ1) is 14.4. The molecule has 0 spiro atoms. The quantitative estimate of drug-likeness (QED) is 0.686. The van der Waals surface area contributed by atoms with Crippen molar-refractivity contribution in [3.8, 4) is 11.4 Å². The zero-order valence-corrected chi connectivity index (χ0v) is 18.6. The molecule has 1 aromatic heterocycles. The number of nitrogens with one attached hydrogen (secondary N) is 1. The van der Waals surface area contributed by atoms with E-state index in [1.807, 2.05) is 13.0 Å². The fourth-order valence-electron chi connectivity index (χ4n) is 3.81. The van der Waals surface area contributed by atoms with E-state index in [0.29, 0.717) is 59.5 Å². The van der Waals surface area contributed by atoms with Gasteiger partial charge in [-0.1, -0.05) is 11.6 Å². The molecule has 0 aliphatic heterocycles. The third-order valence-corrected chi connectivity index (χ3v) is 5.76. The summed E-state index contributed by atoms with van der Waals surface area (Å²) < 4.78 is 12.1. The average molecular weight is 434 g/mol. The van der Waals surface area contributed by atoms with Crippen LogP contribution < -0.4 is 10.9 Å². The number of carbonyl (C=O) groups is 1. The largest absolute Gasteiger partial charge is 0.382 e. The summed E-state index contributed by atoms with van der Waals surface area (Å²) in [6.07, 6.45) is 2.01. The van der Waals surface area contributed by atoms with Gasteiger partial charge in [0, 0.05) is 44.9 Å². The molecule has 162 valence electrons. The maximum atomic E-state index is 13.2. The van der Waals surface area contributed by atoms with Gasteiger partial charge in [0.15, 0.2) is 5.78 Å². The van der Waals surface area contributed by atoms with Gasteiger partial charge < -0.3 is 14.8 Å². The second-order valence-electron chi connectivity index (χ2n) is 7.41. The van der Waals surface area contributed by atoms with Gasteiger partial charge in [0.1, 0.15) is 11.5 Å². The van der Waals surface area contributed by atoms with Crippen LogP contribution in [0.4, 0.5) is 5.69 Å². The molecule has 1 aromatic carbocycles. The van der Waals surface area contributed by atoms with Crippen molar-refractivity contribution in [3.63, 3.8) is 0 Å². The number of benzene rings is 1. The molecule has 2 aromatic rings.